The number of aryl methyl sites for hydroxylation is 1. The Hall–Kier alpha value is -5.50. The number of carbonyl (C=O) groups is 2. The molecule has 1 aromatic heterocycles. The third-order valence-electron chi connectivity index (χ3n) is 8.40. The zero-order valence-electron chi connectivity index (χ0n) is 25.2. The van der Waals surface area contributed by atoms with Crippen molar-refractivity contribution in [1.29, 1.82) is 0 Å². The van der Waals surface area contributed by atoms with E-state index in [4.69, 9.17) is 23.7 Å². The number of ether oxygens (including phenoxy) is 5. The Morgan fingerprint density at radius 2 is 1.69 bits per heavy atom. The van der Waals surface area contributed by atoms with E-state index in [1.807, 2.05) is 84.5 Å². The van der Waals surface area contributed by atoms with E-state index in [9.17, 15) is 9.59 Å². The van der Waals surface area contributed by atoms with E-state index in [0.717, 1.165) is 39.1 Å². The van der Waals surface area contributed by atoms with Crippen LogP contribution in [0.15, 0.2) is 90.8 Å². The highest BCUT2D eigenvalue weighted by Crippen LogP contribution is 2.50. The predicted molar refractivity (Wildman–Crippen MR) is 170 cm³/mol. The van der Waals surface area contributed by atoms with Crippen LogP contribution in [0.1, 0.15) is 45.0 Å². The minimum Gasteiger partial charge on any atom is -0.497 e. The summed E-state index contributed by atoms with van der Waals surface area (Å²) in [6.45, 7) is 0.442. The third kappa shape index (κ3) is 5.18. The number of ketones is 1. The number of methoxy groups -OCH3 is 2. The first-order chi connectivity index (χ1) is 21.9. The molecule has 1 atom stereocenters. The molecule has 3 heterocycles. The van der Waals surface area contributed by atoms with E-state index in [-0.39, 0.29) is 23.9 Å². The minimum absolute atomic E-state index is 0.0853. The Morgan fingerprint density at radius 1 is 0.911 bits per heavy atom. The Labute approximate surface area is 260 Å². The average Bonchev–Trinajstić information content (AvgIpc) is 3.55. The van der Waals surface area contributed by atoms with Crippen LogP contribution < -0.4 is 23.7 Å². The van der Waals surface area contributed by atoms with E-state index in [2.05, 4.69) is 0 Å². The van der Waals surface area contributed by atoms with Gasteiger partial charge in [-0.3, -0.25) is 9.59 Å². The van der Waals surface area contributed by atoms with E-state index in [0.29, 0.717) is 41.4 Å². The molecule has 0 radical (unpaired) electrons. The van der Waals surface area contributed by atoms with Gasteiger partial charge in [-0.05, 0) is 60.2 Å². The lowest BCUT2D eigenvalue weighted by atomic mass is 9.84. The zero-order chi connectivity index (χ0) is 31.1. The second kappa shape index (κ2) is 11.5. The number of rotatable bonds is 8. The van der Waals surface area contributed by atoms with Crippen molar-refractivity contribution < 1.29 is 33.3 Å². The summed E-state index contributed by atoms with van der Waals surface area (Å²) >= 11 is 0. The van der Waals surface area contributed by atoms with Gasteiger partial charge in [-0.15, -0.1) is 0 Å². The lowest BCUT2D eigenvalue weighted by molar-refractivity contribution is -0.135. The number of nitrogens with zero attached hydrogens (tertiary/aromatic N) is 1. The van der Waals surface area contributed by atoms with Crippen molar-refractivity contribution in [2.45, 2.75) is 18.8 Å². The average molecular weight is 602 g/mol. The molecule has 2 aliphatic heterocycles. The van der Waals surface area contributed by atoms with Crippen molar-refractivity contribution in [3.8, 4) is 28.7 Å². The number of Topliss-reactive ketones (excluding diaryl/α,β-unsaturated/α-hetero) is 1. The van der Waals surface area contributed by atoms with Crippen LogP contribution in [0.3, 0.4) is 0 Å². The summed E-state index contributed by atoms with van der Waals surface area (Å²) in [4.78, 5) is 26.5. The number of fused-ring (bicyclic) bond motifs is 4. The number of allylic oxidation sites excluding steroid dienone is 1. The van der Waals surface area contributed by atoms with Crippen LogP contribution in [0.5, 0.6) is 28.7 Å². The molecule has 5 aromatic rings. The van der Waals surface area contributed by atoms with Crippen molar-refractivity contribution in [3.05, 3.63) is 119 Å². The molecular formula is C37H31NO7. The first kappa shape index (κ1) is 28.3. The van der Waals surface area contributed by atoms with Gasteiger partial charge in [0.1, 0.15) is 28.7 Å². The minimum atomic E-state index is -0.428. The Kier molecular flexibility index (Phi) is 7.25. The number of carbonyl (C=O) groups excluding carboxylic acids is 2. The van der Waals surface area contributed by atoms with E-state index in [1.165, 1.54) is 0 Å². The van der Waals surface area contributed by atoms with Crippen molar-refractivity contribution in [3.63, 3.8) is 0 Å². The predicted octanol–water partition coefficient (Wildman–Crippen LogP) is 6.87. The van der Waals surface area contributed by atoms with Crippen molar-refractivity contribution in [2.24, 2.45) is 7.05 Å². The number of benzene rings is 4. The van der Waals surface area contributed by atoms with Gasteiger partial charge >= 0.3 is 5.97 Å². The second-order valence-corrected chi connectivity index (χ2v) is 11.1. The molecule has 0 fully saturated rings. The summed E-state index contributed by atoms with van der Waals surface area (Å²) in [5, 5.41) is 0.936. The largest absolute Gasteiger partial charge is 0.497 e. The van der Waals surface area contributed by atoms with Gasteiger partial charge in [-0.25, -0.2) is 0 Å². The number of hydrogen-bond donors (Lipinski definition) is 0. The van der Waals surface area contributed by atoms with Crippen molar-refractivity contribution in [2.75, 3.05) is 20.8 Å². The molecule has 0 bridgehead atoms. The molecular weight excluding hydrogens is 570 g/mol. The number of hydrogen-bond acceptors (Lipinski definition) is 7. The second-order valence-electron chi connectivity index (χ2n) is 11.1. The van der Waals surface area contributed by atoms with Crippen LogP contribution in [0, 0.1) is 0 Å². The zero-order valence-corrected chi connectivity index (χ0v) is 25.2. The Morgan fingerprint density at radius 3 is 2.49 bits per heavy atom. The van der Waals surface area contributed by atoms with Crippen LogP contribution in [0.2, 0.25) is 0 Å². The smallest absolute Gasteiger partial charge is 0.312 e. The molecule has 226 valence electrons. The lowest BCUT2D eigenvalue weighted by Crippen LogP contribution is -2.22. The highest BCUT2D eigenvalue weighted by atomic mass is 16.5. The standard InChI is InChI=1S/C37H31NO7/c1-38-21-23(28-19-25(42-3)12-14-30(28)38)18-33-36(40)27-13-15-32-35(37(27)45-33)29(20-34(39)44-32)26-6-4-5-7-31(26)43-17-16-22-8-10-24(41-2)11-9-22/h4-15,18-19,21,29H,16-17,20H2,1-3H3/b33-18-/t29-/m0/s1. The maximum Gasteiger partial charge on any atom is 0.312 e. The van der Waals surface area contributed by atoms with Crippen molar-refractivity contribution in [1.82, 2.24) is 4.57 Å². The monoisotopic (exact) mass is 601 g/mol. The lowest BCUT2D eigenvalue weighted by Gasteiger charge is -2.27. The van der Waals surface area contributed by atoms with Gasteiger partial charge in [0.25, 0.3) is 0 Å². The van der Waals surface area contributed by atoms with Gasteiger partial charge in [-0.1, -0.05) is 30.3 Å². The molecule has 0 saturated heterocycles. The Bertz CT molecular complexity index is 1990. The SMILES string of the molecule is COc1ccc(CCOc2ccccc2[C@@H]2CC(=O)Oc3ccc4c(c32)O/C(=C\c2cn(C)c3ccc(OC)cc23)C4=O)cc1. The van der Waals surface area contributed by atoms with Gasteiger partial charge in [0.05, 0.1) is 32.8 Å². The molecule has 8 heteroatoms. The van der Waals surface area contributed by atoms with Crippen LogP contribution in [0.4, 0.5) is 0 Å². The van der Waals surface area contributed by atoms with Gasteiger partial charge in [0.15, 0.2) is 5.76 Å². The molecule has 2 aliphatic rings. The van der Waals surface area contributed by atoms with Crippen LogP contribution in [-0.2, 0) is 18.3 Å². The summed E-state index contributed by atoms with van der Waals surface area (Å²) in [7, 11) is 5.22. The molecule has 45 heavy (non-hydrogen) atoms. The molecule has 4 aromatic carbocycles. The maximum atomic E-state index is 13.7. The molecule has 0 saturated carbocycles. The van der Waals surface area contributed by atoms with Crippen LogP contribution in [0.25, 0.3) is 17.0 Å². The highest BCUT2D eigenvalue weighted by molar-refractivity contribution is 6.15. The van der Waals surface area contributed by atoms with Gasteiger partial charge in [0.2, 0.25) is 5.78 Å². The molecule has 8 nitrogen and oxygen atoms in total. The molecule has 0 spiro atoms. The fourth-order valence-corrected chi connectivity index (χ4v) is 6.13. The first-order valence-corrected chi connectivity index (χ1v) is 14.7. The fraction of sp³-hybridized carbons (Fsp3) is 0.189. The first-order valence-electron chi connectivity index (χ1n) is 14.7. The summed E-state index contributed by atoms with van der Waals surface area (Å²) in [6, 6.07) is 24.7. The normalized spacial score (nSPS) is 16.2. The van der Waals surface area contributed by atoms with Gasteiger partial charge in [-0.2, -0.15) is 0 Å². The third-order valence-corrected chi connectivity index (χ3v) is 8.40. The van der Waals surface area contributed by atoms with E-state index < -0.39 is 5.92 Å². The summed E-state index contributed by atoms with van der Waals surface area (Å²) < 4.78 is 31.0. The quantitative estimate of drug-likeness (QED) is 0.109. The maximum absolute atomic E-state index is 13.7. The van der Waals surface area contributed by atoms with Crippen LogP contribution >= 0.6 is 0 Å². The topological polar surface area (TPSA) is 85.2 Å². The highest BCUT2D eigenvalue weighted by Gasteiger charge is 2.39. The van der Waals surface area contributed by atoms with E-state index >= 15 is 0 Å². The molecule has 0 amide bonds. The molecule has 0 aliphatic carbocycles. The van der Waals surface area contributed by atoms with E-state index in [1.54, 1.807) is 32.4 Å². The van der Waals surface area contributed by atoms with Gasteiger partial charge in [0, 0.05) is 53.2 Å². The number of esters is 1. The molecule has 7 rings (SSSR count). The molecule has 0 unspecified atom stereocenters. The molecule has 0 N–H and O–H groups in total. The number of aromatic nitrogens is 1. The van der Waals surface area contributed by atoms with Crippen molar-refractivity contribution >= 4 is 28.7 Å². The van der Waals surface area contributed by atoms with Crippen LogP contribution in [-0.4, -0.2) is 37.1 Å². The summed E-state index contributed by atoms with van der Waals surface area (Å²) in [5.41, 5.74) is 4.86. The fourth-order valence-electron chi connectivity index (χ4n) is 6.13. The van der Waals surface area contributed by atoms with Gasteiger partial charge < -0.3 is 28.3 Å². The summed E-state index contributed by atoms with van der Waals surface area (Å²) in [6.07, 6.45) is 4.50. The summed E-state index contributed by atoms with van der Waals surface area (Å²) in [5.74, 6) is 2.17. The Balaban J connectivity index is 1.22. The number of para-hydroxylation sites is 1.